The third kappa shape index (κ3) is 4.25. The zero-order chi connectivity index (χ0) is 15.9. The maximum Gasteiger partial charge on any atom is 0.315 e. The van der Waals surface area contributed by atoms with Crippen LogP contribution in [0, 0.1) is 13.8 Å². The maximum absolute atomic E-state index is 11.9. The third-order valence-electron chi connectivity index (χ3n) is 3.63. The zero-order valence-corrected chi connectivity index (χ0v) is 13.3. The van der Waals surface area contributed by atoms with Crippen LogP contribution in [0.1, 0.15) is 22.3 Å². The van der Waals surface area contributed by atoms with Crippen LogP contribution in [0.3, 0.4) is 0 Å². The van der Waals surface area contributed by atoms with Crippen LogP contribution in [0.5, 0.6) is 5.75 Å². The quantitative estimate of drug-likeness (QED) is 0.889. The Morgan fingerprint density at radius 1 is 1.00 bits per heavy atom. The lowest BCUT2D eigenvalue weighted by Gasteiger charge is -2.13. The lowest BCUT2D eigenvalue weighted by Crippen LogP contribution is -2.34. The lowest BCUT2D eigenvalue weighted by molar-refractivity contribution is 0.240. The van der Waals surface area contributed by atoms with E-state index in [1.807, 2.05) is 56.3 Å². The maximum atomic E-state index is 11.9. The van der Waals surface area contributed by atoms with Gasteiger partial charge in [0.05, 0.1) is 7.11 Å². The van der Waals surface area contributed by atoms with Crippen LogP contribution in [0.2, 0.25) is 0 Å². The molecule has 116 valence electrons. The molecule has 0 radical (unpaired) electrons. The van der Waals surface area contributed by atoms with Crippen LogP contribution in [0.15, 0.2) is 42.5 Å². The first-order chi connectivity index (χ1) is 10.6. The minimum Gasteiger partial charge on any atom is -0.496 e. The molecule has 0 aliphatic carbocycles. The summed E-state index contributed by atoms with van der Waals surface area (Å²) < 4.78 is 5.37. The Kier molecular flexibility index (Phi) is 5.42. The van der Waals surface area contributed by atoms with Gasteiger partial charge in [0.15, 0.2) is 0 Å². The number of carbonyl (C=O) groups excluding carboxylic acids is 1. The molecule has 0 aliphatic rings. The van der Waals surface area contributed by atoms with Gasteiger partial charge in [-0.2, -0.15) is 0 Å². The Labute approximate surface area is 131 Å². The van der Waals surface area contributed by atoms with Gasteiger partial charge in [-0.3, -0.25) is 0 Å². The van der Waals surface area contributed by atoms with Crippen molar-refractivity contribution in [3.63, 3.8) is 0 Å². The number of ether oxygens (including phenoxy) is 1. The van der Waals surface area contributed by atoms with Crippen LogP contribution in [0.25, 0.3) is 0 Å². The second kappa shape index (κ2) is 7.50. The van der Waals surface area contributed by atoms with Crippen LogP contribution in [0.4, 0.5) is 4.79 Å². The predicted octanol–water partition coefficient (Wildman–Crippen LogP) is 3.31. The van der Waals surface area contributed by atoms with Gasteiger partial charge in [0.25, 0.3) is 0 Å². The van der Waals surface area contributed by atoms with Gasteiger partial charge in [-0.1, -0.05) is 36.4 Å². The van der Waals surface area contributed by atoms with E-state index in [4.69, 9.17) is 4.74 Å². The Morgan fingerprint density at radius 2 is 1.64 bits per heavy atom. The average molecular weight is 298 g/mol. The highest BCUT2D eigenvalue weighted by Crippen LogP contribution is 2.22. The summed E-state index contributed by atoms with van der Waals surface area (Å²) in [7, 11) is 1.64. The molecular formula is C18H22N2O2. The Balaban J connectivity index is 1.90. The molecule has 0 saturated heterocycles. The van der Waals surface area contributed by atoms with E-state index >= 15 is 0 Å². The Morgan fingerprint density at radius 3 is 2.32 bits per heavy atom. The topological polar surface area (TPSA) is 50.4 Å². The normalized spacial score (nSPS) is 10.1. The molecule has 0 fully saturated rings. The first kappa shape index (κ1) is 15.9. The number of carbonyl (C=O) groups is 1. The van der Waals surface area contributed by atoms with Gasteiger partial charge in [-0.25, -0.2) is 4.79 Å². The average Bonchev–Trinajstić information content (AvgIpc) is 2.54. The Hall–Kier alpha value is -2.49. The summed E-state index contributed by atoms with van der Waals surface area (Å²) >= 11 is 0. The van der Waals surface area contributed by atoms with E-state index in [-0.39, 0.29) is 6.03 Å². The summed E-state index contributed by atoms with van der Waals surface area (Å²) in [5.41, 5.74) is 4.40. The molecule has 4 nitrogen and oxygen atoms in total. The second-order valence-corrected chi connectivity index (χ2v) is 5.27. The van der Waals surface area contributed by atoms with Crippen molar-refractivity contribution in [2.75, 3.05) is 7.11 Å². The number of hydrogen-bond acceptors (Lipinski definition) is 2. The summed E-state index contributed by atoms with van der Waals surface area (Å²) in [4.78, 5) is 11.9. The number of amides is 2. The fraction of sp³-hybridized carbons (Fsp3) is 0.278. The van der Waals surface area contributed by atoms with Crippen molar-refractivity contribution in [3.05, 3.63) is 64.7 Å². The largest absolute Gasteiger partial charge is 0.496 e. The van der Waals surface area contributed by atoms with Crippen molar-refractivity contribution in [2.45, 2.75) is 26.9 Å². The number of urea groups is 1. The molecule has 0 saturated carbocycles. The van der Waals surface area contributed by atoms with Crippen LogP contribution < -0.4 is 15.4 Å². The van der Waals surface area contributed by atoms with Crippen molar-refractivity contribution >= 4 is 6.03 Å². The van der Waals surface area contributed by atoms with E-state index in [1.54, 1.807) is 7.11 Å². The van der Waals surface area contributed by atoms with Gasteiger partial charge in [0.2, 0.25) is 0 Å². The highest BCUT2D eigenvalue weighted by molar-refractivity contribution is 5.73. The van der Waals surface area contributed by atoms with E-state index in [0.717, 1.165) is 16.9 Å². The predicted molar refractivity (Wildman–Crippen MR) is 88.0 cm³/mol. The molecule has 0 heterocycles. The fourth-order valence-electron chi connectivity index (χ4n) is 2.19. The zero-order valence-electron chi connectivity index (χ0n) is 13.3. The van der Waals surface area contributed by atoms with Crippen molar-refractivity contribution in [1.82, 2.24) is 10.6 Å². The highest BCUT2D eigenvalue weighted by Gasteiger charge is 2.07. The highest BCUT2D eigenvalue weighted by atomic mass is 16.5. The molecule has 2 rings (SSSR count). The number of nitrogens with one attached hydrogen (secondary N) is 2. The molecule has 0 aliphatic heterocycles. The number of rotatable bonds is 5. The van der Waals surface area contributed by atoms with E-state index in [0.29, 0.717) is 13.1 Å². The summed E-state index contributed by atoms with van der Waals surface area (Å²) in [5.74, 6) is 0.798. The van der Waals surface area contributed by atoms with E-state index in [9.17, 15) is 4.79 Å². The smallest absolute Gasteiger partial charge is 0.315 e. The second-order valence-electron chi connectivity index (χ2n) is 5.27. The molecule has 0 aromatic heterocycles. The van der Waals surface area contributed by atoms with Gasteiger partial charge in [-0.05, 0) is 36.6 Å². The van der Waals surface area contributed by atoms with Gasteiger partial charge < -0.3 is 15.4 Å². The summed E-state index contributed by atoms with van der Waals surface area (Å²) in [6.07, 6.45) is 0. The monoisotopic (exact) mass is 298 g/mol. The molecule has 2 N–H and O–H groups in total. The molecule has 4 heteroatoms. The fourth-order valence-corrected chi connectivity index (χ4v) is 2.19. The molecule has 0 unspecified atom stereocenters. The van der Waals surface area contributed by atoms with Crippen LogP contribution in [-0.4, -0.2) is 13.1 Å². The first-order valence-corrected chi connectivity index (χ1v) is 7.30. The number of methoxy groups -OCH3 is 1. The standard InChI is InChI=1S/C18H22N2O2/c1-13-9-16(17(22-3)10-14(13)2)12-20-18(21)19-11-15-7-5-4-6-8-15/h4-10H,11-12H2,1-3H3,(H2,19,20,21). The summed E-state index contributed by atoms with van der Waals surface area (Å²) in [5, 5.41) is 5.70. The third-order valence-corrected chi connectivity index (χ3v) is 3.63. The SMILES string of the molecule is COc1cc(C)c(C)cc1CNC(=O)NCc1ccccc1. The molecular weight excluding hydrogens is 276 g/mol. The van der Waals surface area contributed by atoms with Gasteiger partial charge in [-0.15, -0.1) is 0 Å². The molecule has 2 aromatic rings. The molecule has 0 spiro atoms. The number of aryl methyl sites for hydroxylation is 2. The summed E-state index contributed by atoms with van der Waals surface area (Å²) in [6.45, 7) is 5.04. The van der Waals surface area contributed by atoms with Gasteiger partial charge in [0, 0.05) is 18.7 Å². The summed E-state index contributed by atoms with van der Waals surface area (Å²) in [6, 6.07) is 13.7. The first-order valence-electron chi connectivity index (χ1n) is 7.30. The molecule has 2 amide bonds. The number of benzene rings is 2. The minimum absolute atomic E-state index is 0.191. The van der Waals surface area contributed by atoms with Crippen molar-refractivity contribution in [3.8, 4) is 5.75 Å². The molecule has 2 aromatic carbocycles. The van der Waals surface area contributed by atoms with E-state index in [2.05, 4.69) is 10.6 Å². The number of hydrogen-bond donors (Lipinski definition) is 2. The molecule has 0 atom stereocenters. The van der Waals surface area contributed by atoms with Crippen LogP contribution >= 0.6 is 0 Å². The lowest BCUT2D eigenvalue weighted by atomic mass is 10.1. The van der Waals surface area contributed by atoms with E-state index < -0.39 is 0 Å². The molecule has 22 heavy (non-hydrogen) atoms. The van der Waals surface area contributed by atoms with Crippen molar-refractivity contribution in [1.29, 1.82) is 0 Å². The Bertz CT molecular complexity index is 639. The molecule has 0 bridgehead atoms. The van der Waals surface area contributed by atoms with E-state index in [1.165, 1.54) is 11.1 Å². The minimum atomic E-state index is -0.191. The van der Waals surface area contributed by atoms with Gasteiger partial charge in [0.1, 0.15) is 5.75 Å². The van der Waals surface area contributed by atoms with Gasteiger partial charge >= 0.3 is 6.03 Å². The van der Waals surface area contributed by atoms with Crippen molar-refractivity contribution < 1.29 is 9.53 Å². The van der Waals surface area contributed by atoms with Crippen molar-refractivity contribution in [2.24, 2.45) is 0 Å². The van der Waals surface area contributed by atoms with Crippen LogP contribution in [-0.2, 0) is 13.1 Å².